The molecular formula is C40H30N2O6. The van der Waals surface area contributed by atoms with Crippen LogP contribution in [0.1, 0.15) is 52.6 Å². The number of hydrogen-bond donors (Lipinski definition) is 0. The minimum atomic E-state index is -1.05. The van der Waals surface area contributed by atoms with E-state index in [1.165, 1.54) is 9.13 Å². The summed E-state index contributed by atoms with van der Waals surface area (Å²) < 4.78 is 8.89. The highest BCUT2D eigenvalue weighted by atomic mass is 16.6. The largest absolute Gasteiger partial charge is 0.460 e. The van der Waals surface area contributed by atoms with E-state index < -0.39 is 17.5 Å². The number of carbonyl (C=O) groups is 3. The lowest BCUT2D eigenvalue weighted by molar-refractivity contribution is -0.161. The lowest BCUT2D eigenvalue weighted by Gasteiger charge is -2.27. The van der Waals surface area contributed by atoms with Crippen molar-refractivity contribution < 1.29 is 19.1 Å². The van der Waals surface area contributed by atoms with Crippen LogP contribution >= 0.6 is 0 Å². The van der Waals surface area contributed by atoms with Crippen LogP contribution in [0.5, 0.6) is 0 Å². The molecule has 8 nitrogen and oxygen atoms in total. The number of hydrogen-bond acceptors (Lipinski definition) is 6. The number of aromatic nitrogens is 2. The first-order chi connectivity index (χ1) is 23.0. The van der Waals surface area contributed by atoms with Crippen molar-refractivity contribution in [3.8, 4) is 22.5 Å². The number of carbonyl (C=O) groups excluding carboxylic acids is 3. The molecule has 4 aromatic carbocycles. The molecule has 48 heavy (non-hydrogen) atoms. The summed E-state index contributed by atoms with van der Waals surface area (Å²) in [7, 11) is 0. The summed E-state index contributed by atoms with van der Waals surface area (Å²) in [5, 5.41) is 1.79. The molecule has 0 unspecified atom stereocenters. The lowest BCUT2D eigenvalue weighted by atomic mass is 10.0. The zero-order valence-electron chi connectivity index (χ0n) is 26.6. The molecule has 8 heteroatoms. The Bertz CT molecular complexity index is 2370. The predicted molar refractivity (Wildman–Crippen MR) is 183 cm³/mol. The number of benzene rings is 4. The van der Waals surface area contributed by atoms with Crippen molar-refractivity contribution in [1.29, 1.82) is 0 Å². The fourth-order valence-corrected chi connectivity index (χ4v) is 7.24. The fraction of sp³-hybridized carbons (Fsp3) is 0.175. The van der Waals surface area contributed by atoms with Gasteiger partial charge in [-0.3, -0.25) is 24.0 Å². The van der Waals surface area contributed by atoms with Crippen molar-refractivity contribution in [3.05, 3.63) is 140 Å². The first-order valence-electron chi connectivity index (χ1n) is 15.9. The molecule has 236 valence electrons. The Morgan fingerprint density at radius 3 is 1.31 bits per heavy atom. The van der Waals surface area contributed by atoms with Crippen LogP contribution in [0, 0.1) is 5.92 Å². The van der Waals surface area contributed by atoms with Crippen molar-refractivity contribution in [2.45, 2.75) is 39.5 Å². The van der Waals surface area contributed by atoms with Crippen LogP contribution in [0.3, 0.4) is 0 Å². The molecule has 0 atom stereocenters. The third-order valence-corrected chi connectivity index (χ3v) is 9.21. The van der Waals surface area contributed by atoms with Gasteiger partial charge in [0, 0.05) is 56.9 Å². The van der Waals surface area contributed by atoms with E-state index in [1.54, 1.807) is 106 Å². The molecule has 0 bridgehead atoms. The van der Waals surface area contributed by atoms with E-state index in [9.17, 15) is 24.0 Å². The van der Waals surface area contributed by atoms with Crippen LogP contribution in [0.25, 0.3) is 44.1 Å². The highest BCUT2D eigenvalue weighted by Crippen LogP contribution is 2.41. The van der Waals surface area contributed by atoms with Crippen molar-refractivity contribution in [2.75, 3.05) is 0 Å². The second kappa shape index (κ2) is 10.6. The molecule has 0 saturated carbocycles. The van der Waals surface area contributed by atoms with Crippen LogP contribution in [0.15, 0.2) is 107 Å². The first kappa shape index (κ1) is 29.5. The molecule has 2 heterocycles. The molecule has 0 N–H and O–H groups in total. The van der Waals surface area contributed by atoms with Gasteiger partial charge in [0.05, 0.1) is 28.4 Å². The number of ether oxygens (including phenoxy) is 1. The topological polar surface area (TPSA) is 104 Å². The standard InChI is InChI=1S/C40H30N2O6/c1-40(2,3)48-39(47)22(20-41-33-25-14-6-8-16-27(25)35(43)31(33)23-12-4-10-18-29(23)37(41)45)21-42-34-26-15-7-9-17-28(26)36(44)32(34)24-13-5-11-19-30(24)38(42)46/h4-19,22H,20-21H2,1-3H3. The summed E-state index contributed by atoms with van der Waals surface area (Å²) in [6.45, 7) is 4.92. The van der Waals surface area contributed by atoms with Gasteiger partial charge in [-0.05, 0) is 32.9 Å². The number of esters is 1. The Morgan fingerprint density at radius 1 is 0.562 bits per heavy atom. The summed E-state index contributed by atoms with van der Waals surface area (Å²) in [6, 6.07) is 28.2. The molecule has 0 spiro atoms. The van der Waals surface area contributed by atoms with Gasteiger partial charge in [-0.15, -0.1) is 0 Å². The highest BCUT2D eigenvalue weighted by Gasteiger charge is 2.37. The summed E-state index contributed by atoms with van der Waals surface area (Å²) in [5.41, 5.74) is 2.24. The molecule has 0 aliphatic heterocycles. The Kier molecular flexibility index (Phi) is 6.50. The molecular weight excluding hydrogens is 604 g/mol. The fourth-order valence-electron chi connectivity index (χ4n) is 7.24. The van der Waals surface area contributed by atoms with E-state index in [0.29, 0.717) is 66.3 Å². The van der Waals surface area contributed by atoms with E-state index in [0.717, 1.165) is 0 Å². The molecule has 8 rings (SSSR count). The van der Waals surface area contributed by atoms with E-state index in [-0.39, 0.29) is 35.8 Å². The van der Waals surface area contributed by atoms with Crippen LogP contribution in [-0.4, -0.2) is 32.3 Å². The number of pyridine rings is 2. The monoisotopic (exact) mass is 634 g/mol. The zero-order chi connectivity index (χ0) is 33.5. The molecule has 0 radical (unpaired) electrons. The van der Waals surface area contributed by atoms with Crippen molar-refractivity contribution >= 4 is 39.1 Å². The molecule has 6 aromatic rings. The minimum absolute atomic E-state index is 0.174. The maximum absolute atomic E-state index is 14.3. The van der Waals surface area contributed by atoms with Gasteiger partial charge in [-0.2, -0.15) is 0 Å². The summed E-state index contributed by atoms with van der Waals surface area (Å²) in [5.74, 6) is -2.06. The molecule has 2 aliphatic rings. The third kappa shape index (κ3) is 4.32. The molecule has 0 fully saturated rings. The molecule has 0 saturated heterocycles. The smallest absolute Gasteiger partial charge is 0.313 e. The Labute approximate surface area is 274 Å². The lowest BCUT2D eigenvalue weighted by Crippen LogP contribution is -2.38. The van der Waals surface area contributed by atoms with Crippen LogP contribution < -0.4 is 11.1 Å². The number of fused-ring (bicyclic) bond motifs is 10. The van der Waals surface area contributed by atoms with Gasteiger partial charge in [0.25, 0.3) is 11.1 Å². The van der Waals surface area contributed by atoms with Gasteiger partial charge in [0.15, 0.2) is 11.6 Å². The van der Waals surface area contributed by atoms with Crippen LogP contribution in [-0.2, 0) is 22.6 Å². The summed E-state index contributed by atoms with van der Waals surface area (Å²) in [4.78, 5) is 70.4. The van der Waals surface area contributed by atoms with E-state index in [2.05, 4.69) is 0 Å². The SMILES string of the molecule is CC(C)(C)OC(=O)C(Cn1c2c(c3ccccc3c1=O)C(=O)c1ccccc1-2)Cn1c2c(c3ccccc3c1=O)C(=O)c1ccccc1-2. The minimum Gasteiger partial charge on any atom is -0.460 e. The molecule has 2 aliphatic carbocycles. The maximum atomic E-state index is 14.3. The van der Waals surface area contributed by atoms with Gasteiger partial charge in [0.1, 0.15) is 5.60 Å². The van der Waals surface area contributed by atoms with Gasteiger partial charge in [-0.1, -0.05) is 84.9 Å². The number of ketones is 2. The zero-order valence-corrected chi connectivity index (χ0v) is 26.6. The Balaban J connectivity index is 1.37. The van der Waals surface area contributed by atoms with Crippen molar-refractivity contribution in [3.63, 3.8) is 0 Å². The molecule has 2 aromatic heterocycles. The Morgan fingerprint density at radius 2 is 0.917 bits per heavy atom. The Hall–Kier alpha value is -5.89. The first-order valence-corrected chi connectivity index (χ1v) is 15.9. The van der Waals surface area contributed by atoms with Crippen LogP contribution in [0.2, 0.25) is 0 Å². The van der Waals surface area contributed by atoms with Crippen molar-refractivity contribution in [2.24, 2.45) is 5.92 Å². The van der Waals surface area contributed by atoms with Gasteiger partial charge >= 0.3 is 5.97 Å². The maximum Gasteiger partial charge on any atom is 0.313 e. The van der Waals surface area contributed by atoms with Gasteiger partial charge < -0.3 is 13.9 Å². The second-order valence-corrected chi connectivity index (χ2v) is 13.3. The summed E-state index contributed by atoms with van der Waals surface area (Å²) >= 11 is 0. The van der Waals surface area contributed by atoms with Gasteiger partial charge in [0.2, 0.25) is 0 Å². The summed E-state index contributed by atoms with van der Waals surface area (Å²) in [6.07, 6.45) is 0. The number of rotatable bonds is 5. The predicted octanol–water partition coefficient (Wildman–Crippen LogP) is 6.40. The normalized spacial score (nSPS) is 13.2. The third-order valence-electron chi connectivity index (χ3n) is 9.21. The van der Waals surface area contributed by atoms with Gasteiger partial charge in [-0.25, -0.2) is 0 Å². The van der Waals surface area contributed by atoms with E-state index in [1.807, 2.05) is 12.1 Å². The average Bonchev–Trinajstić information content (AvgIpc) is 3.54. The average molecular weight is 635 g/mol. The van der Waals surface area contributed by atoms with E-state index >= 15 is 0 Å². The second-order valence-electron chi connectivity index (χ2n) is 13.3. The quantitative estimate of drug-likeness (QED) is 0.203. The molecule has 0 amide bonds. The van der Waals surface area contributed by atoms with Crippen LogP contribution in [0.4, 0.5) is 0 Å². The number of nitrogens with zero attached hydrogens (tertiary/aromatic N) is 2. The van der Waals surface area contributed by atoms with E-state index in [4.69, 9.17) is 4.74 Å². The highest BCUT2D eigenvalue weighted by molar-refractivity contribution is 6.27. The van der Waals surface area contributed by atoms with Crippen molar-refractivity contribution in [1.82, 2.24) is 9.13 Å².